The number of hydrogen-bond donors (Lipinski definition) is 1. The van der Waals surface area contributed by atoms with E-state index >= 15 is 0 Å². The highest BCUT2D eigenvalue weighted by atomic mass is 16.5. The fourth-order valence-corrected chi connectivity index (χ4v) is 3.01. The highest BCUT2D eigenvalue weighted by molar-refractivity contribution is 5.82. The van der Waals surface area contributed by atoms with Gasteiger partial charge in [0.1, 0.15) is 6.23 Å². The van der Waals surface area contributed by atoms with Gasteiger partial charge >= 0.3 is 0 Å². The Bertz CT molecular complexity index is 630. The number of nitrogens with zero attached hydrogens (tertiary/aromatic N) is 1. The molecule has 1 heterocycles. The van der Waals surface area contributed by atoms with Crippen LogP contribution in [-0.2, 0) is 9.53 Å². The minimum atomic E-state index is -0.525. The van der Waals surface area contributed by atoms with Gasteiger partial charge in [0.2, 0.25) is 0 Å². The minimum absolute atomic E-state index is 0.0980. The molecule has 0 unspecified atom stereocenters. The third-order valence-corrected chi connectivity index (χ3v) is 4.10. The van der Waals surface area contributed by atoms with E-state index in [2.05, 4.69) is 10.2 Å². The van der Waals surface area contributed by atoms with Crippen LogP contribution in [0.3, 0.4) is 0 Å². The van der Waals surface area contributed by atoms with Crippen LogP contribution in [0.4, 0.5) is 0 Å². The molecule has 1 aliphatic heterocycles. The summed E-state index contributed by atoms with van der Waals surface area (Å²) in [7, 11) is 3.64. The van der Waals surface area contributed by atoms with Crippen LogP contribution in [-0.4, -0.2) is 31.0 Å². The molecule has 22 heavy (non-hydrogen) atoms. The van der Waals surface area contributed by atoms with Crippen LogP contribution >= 0.6 is 0 Å². The van der Waals surface area contributed by atoms with E-state index in [0.29, 0.717) is 0 Å². The molecule has 3 atom stereocenters. The van der Waals surface area contributed by atoms with Gasteiger partial charge in [0.25, 0.3) is 5.91 Å². The fraction of sp³-hybridized carbons (Fsp3) is 0.278. The zero-order chi connectivity index (χ0) is 15.5. The summed E-state index contributed by atoms with van der Waals surface area (Å²) < 4.78 is 6.09. The number of carbonyl (C=O) groups is 1. The third-order valence-electron chi connectivity index (χ3n) is 4.10. The molecule has 0 saturated carbocycles. The lowest BCUT2D eigenvalue weighted by atomic mass is 10.0. The standard InChI is InChI=1S/C18H20N2O2/c1-19-17(21)16-15(13-9-5-3-6-10-13)20(2)18(22-16)14-11-7-4-8-12-14/h3-12,15-16,18H,1-2H3,(H,19,21)/t15-,16-,18+/m1/s1. The second-order valence-electron chi connectivity index (χ2n) is 5.45. The second-order valence-corrected chi connectivity index (χ2v) is 5.45. The van der Waals surface area contributed by atoms with Crippen LogP contribution in [0.2, 0.25) is 0 Å². The molecule has 0 spiro atoms. The molecule has 4 heteroatoms. The van der Waals surface area contributed by atoms with Gasteiger partial charge < -0.3 is 10.1 Å². The Morgan fingerprint density at radius 3 is 2.09 bits per heavy atom. The zero-order valence-corrected chi connectivity index (χ0v) is 12.8. The highest BCUT2D eigenvalue weighted by Gasteiger charge is 2.44. The molecule has 1 saturated heterocycles. The molecule has 0 aliphatic carbocycles. The summed E-state index contributed by atoms with van der Waals surface area (Å²) in [5, 5.41) is 2.71. The number of nitrogens with one attached hydrogen (secondary N) is 1. The Morgan fingerprint density at radius 1 is 1.00 bits per heavy atom. The number of benzene rings is 2. The Hall–Kier alpha value is -2.17. The molecule has 0 radical (unpaired) electrons. The molecule has 1 fully saturated rings. The number of rotatable bonds is 3. The largest absolute Gasteiger partial charge is 0.357 e. The topological polar surface area (TPSA) is 41.6 Å². The zero-order valence-electron chi connectivity index (χ0n) is 12.8. The van der Waals surface area contributed by atoms with Crippen molar-refractivity contribution in [3.05, 3.63) is 71.8 Å². The Balaban J connectivity index is 1.97. The molecule has 0 aromatic heterocycles. The molecule has 0 bridgehead atoms. The average molecular weight is 296 g/mol. The van der Waals surface area contributed by atoms with Crippen LogP contribution in [0.15, 0.2) is 60.7 Å². The molecule has 2 aromatic rings. The van der Waals surface area contributed by atoms with Gasteiger partial charge in [0.15, 0.2) is 6.10 Å². The van der Waals surface area contributed by atoms with Crippen molar-refractivity contribution >= 4 is 5.91 Å². The van der Waals surface area contributed by atoms with Crippen LogP contribution in [0.1, 0.15) is 23.4 Å². The highest BCUT2D eigenvalue weighted by Crippen LogP contribution is 2.41. The molecule has 2 aromatic carbocycles. The average Bonchev–Trinajstić information content (AvgIpc) is 2.93. The lowest BCUT2D eigenvalue weighted by molar-refractivity contribution is -0.132. The summed E-state index contributed by atoms with van der Waals surface area (Å²) in [6, 6.07) is 19.9. The molecular weight excluding hydrogens is 276 g/mol. The SMILES string of the molecule is CNC(=O)[C@@H]1O[C@@H](c2ccccc2)N(C)[C@@H]1c1ccccc1. The first-order valence-electron chi connectivity index (χ1n) is 7.41. The minimum Gasteiger partial charge on any atom is -0.357 e. The Morgan fingerprint density at radius 2 is 1.55 bits per heavy atom. The van der Waals surface area contributed by atoms with Crippen molar-refractivity contribution in [2.45, 2.75) is 18.4 Å². The number of amides is 1. The number of carbonyl (C=O) groups excluding carboxylic acids is 1. The van der Waals surface area contributed by atoms with E-state index in [0.717, 1.165) is 11.1 Å². The van der Waals surface area contributed by atoms with E-state index in [1.807, 2.05) is 67.7 Å². The lowest BCUT2D eigenvalue weighted by Crippen LogP contribution is -2.37. The van der Waals surface area contributed by atoms with Gasteiger partial charge in [0, 0.05) is 7.05 Å². The molecule has 1 amide bonds. The van der Waals surface area contributed by atoms with Crippen molar-refractivity contribution in [1.82, 2.24) is 10.2 Å². The van der Waals surface area contributed by atoms with Gasteiger partial charge in [-0.1, -0.05) is 60.7 Å². The summed E-state index contributed by atoms with van der Waals surface area (Å²) in [6.45, 7) is 0. The maximum absolute atomic E-state index is 12.3. The van der Waals surface area contributed by atoms with Crippen molar-refractivity contribution in [3.8, 4) is 0 Å². The van der Waals surface area contributed by atoms with E-state index in [-0.39, 0.29) is 18.2 Å². The molecule has 1 aliphatic rings. The van der Waals surface area contributed by atoms with Gasteiger partial charge in [-0.05, 0) is 18.2 Å². The molecular formula is C18H20N2O2. The fourth-order valence-electron chi connectivity index (χ4n) is 3.01. The smallest absolute Gasteiger partial charge is 0.250 e. The summed E-state index contributed by atoms with van der Waals surface area (Å²) in [5.74, 6) is -0.0980. The van der Waals surface area contributed by atoms with Gasteiger partial charge in [-0.2, -0.15) is 0 Å². The van der Waals surface area contributed by atoms with E-state index in [1.165, 1.54) is 0 Å². The summed E-state index contributed by atoms with van der Waals surface area (Å²) in [6.07, 6.45) is -0.753. The molecule has 3 rings (SSSR count). The van der Waals surface area contributed by atoms with Crippen LogP contribution in [0, 0.1) is 0 Å². The second kappa shape index (κ2) is 6.30. The Labute approximate surface area is 130 Å². The van der Waals surface area contributed by atoms with Crippen molar-refractivity contribution in [2.75, 3.05) is 14.1 Å². The third kappa shape index (κ3) is 2.63. The summed E-state index contributed by atoms with van der Waals surface area (Å²) >= 11 is 0. The van der Waals surface area contributed by atoms with Crippen molar-refractivity contribution < 1.29 is 9.53 Å². The maximum atomic E-state index is 12.3. The van der Waals surface area contributed by atoms with Crippen LogP contribution in [0.25, 0.3) is 0 Å². The van der Waals surface area contributed by atoms with Crippen molar-refractivity contribution in [1.29, 1.82) is 0 Å². The quantitative estimate of drug-likeness (QED) is 0.946. The van der Waals surface area contributed by atoms with Gasteiger partial charge in [-0.25, -0.2) is 0 Å². The van der Waals surface area contributed by atoms with Crippen molar-refractivity contribution in [2.24, 2.45) is 0 Å². The monoisotopic (exact) mass is 296 g/mol. The number of ether oxygens (including phenoxy) is 1. The van der Waals surface area contributed by atoms with E-state index in [1.54, 1.807) is 7.05 Å². The molecule has 1 N–H and O–H groups in total. The Kier molecular flexibility index (Phi) is 4.22. The summed E-state index contributed by atoms with van der Waals surface area (Å²) in [5.41, 5.74) is 2.13. The predicted octanol–water partition coefficient (Wildman–Crippen LogP) is 2.50. The number of likely N-dealkylation sites (N-methyl/N-ethyl adjacent to an activating group) is 2. The normalized spacial score (nSPS) is 25.1. The van der Waals surface area contributed by atoms with Gasteiger partial charge in [-0.15, -0.1) is 0 Å². The first-order valence-corrected chi connectivity index (χ1v) is 7.41. The first kappa shape index (κ1) is 14.8. The molecule has 114 valence electrons. The van der Waals surface area contributed by atoms with Crippen molar-refractivity contribution in [3.63, 3.8) is 0 Å². The maximum Gasteiger partial charge on any atom is 0.250 e. The van der Waals surface area contributed by atoms with Crippen LogP contribution in [0.5, 0.6) is 0 Å². The number of hydrogen-bond acceptors (Lipinski definition) is 3. The molecule has 4 nitrogen and oxygen atoms in total. The van der Waals surface area contributed by atoms with Gasteiger partial charge in [-0.3, -0.25) is 9.69 Å². The van der Waals surface area contributed by atoms with E-state index in [9.17, 15) is 4.79 Å². The lowest BCUT2D eigenvalue weighted by Gasteiger charge is -2.24. The van der Waals surface area contributed by atoms with Gasteiger partial charge in [0.05, 0.1) is 6.04 Å². The van der Waals surface area contributed by atoms with E-state index in [4.69, 9.17) is 4.74 Å². The van der Waals surface area contributed by atoms with E-state index < -0.39 is 6.10 Å². The van der Waals surface area contributed by atoms with Crippen LogP contribution < -0.4 is 5.32 Å². The predicted molar refractivity (Wildman–Crippen MR) is 85.1 cm³/mol. The first-order chi connectivity index (χ1) is 10.7. The summed E-state index contributed by atoms with van der Waals surface area (Å²) in [4.78, 5) is 14.4.